The Morgan fingerprint density at radius 1 is 1.44 bits per heavy atom. The van der Waals surface area contributed by atoms with Crippen LogP contribution in [-0.2, 0) is 23.7 Å². The highest BCUT2D eigenvalue weighted by molar-refractivity contribution is 5.66. The van der Waals surface area contributed by atoms with Gasteiger partial charge in [-0.05, 0) is 13.8 Å². The number of fused-ring (bicyclic) bond motifs is 1. The van der Waals surface area contributed by atoms with Crippen LogP contribution in [-0.4, -0.2) is 48.1 Å². The number of carbonyl (C=O) groups is 1. The van der Waals surface area contributed by atoms with E-state index in [9.17, 15) is 4.79 Å². The smallest absolute Gasteiger partial charge is 0.303 e. The average Bonchev–Trinajstić information content (AvgIpc) is 2.59. The zero-order chi connectivity index (χ0) is 11.9. The van der Waals surface area contributed by atoms with Gasteiger partial charge in [-0.3, -0.25) is 4.79 Å². The largest absolute Gasteiger partial charge is 0.457 e. The molecular formula is C10H16O6. The molecule has 0 spiro atoms. The zero-order valence-electron chi connectivity index (χ0n) is 9.50. The molecule has 0 aromatic heterocycles. The summed E-state index contributed by atoms with van der Waals surface area (Å²) in [7, 11) is 0. The first-order chi connectivity index (χ1) is 7.43. The molecule has 0 aliphatic carbocycles. The quantitative estimate of drug-likeness (QED) is 0.664. The number of carbonyl (C=O) groups excluding carboxylic acids is 1. The van der Waals surface area contributed by atoms with Crippen molar-refractivity contribution in [2.45, 2.75) is 51.2 Å². The zero-order valence-corrected chi connectivity index (χ0v) is 9.50. The lowest BCUT2D eigenvalue weighted by Crippen LogP contribution is -2.39. The van der Waals surface area contributed by atoms with Crippen molar-refractivity contribution in [1.29, 1.82) is 0 Å². The summed E-state index contributed by atoms with van der Waals surface area (Å²) >= 11 is 0. The first-order valence-corrected chi connectivity index (χ1v) is 5.22. The van der Waals surface area contributed by atoms with E-state index in [0.29, 0.717) is 0 Å². The first kappa shape index (κ1) is 11.8. The fraction of sp³-hybridized carbons (Fsp3) is 0.900. The topological polar surface area (TPSA) is 74.2 Å². The molecule has 6 nitrogen and oxygen atoms in total. The van der Waals surface area contributed by atoms with Crippen LogP contribution in [0.5, 0.6) is 0 Å². The van der Waals surface area contributed by atoms with Crippen LogP contribution in [0.3, 0.4) is 0 Å². The molecule has 2 rings (SSSR count). The maximum absolute atomic E-state index is 11.0. The molecule has 0 bridgehead atoms. The number of hydrogen-bond acceptors (Lipinski definition) is 6. The van der Waals surface area contributed by atoms with Gasteiger partial charge in [0, 0.05) is 6.92 Å². The van der Waals surface area contributed by atoms with E-state index >= 15 is 0 Å². The number of aliphatic hydroxyl groups is 1. The summed E-state index contributed by atoms with van der Waals surface area (Å²) in [5.74, 6) is -1.19. The summed E-state index contributed by atoms with van der Waals surface area (Å²) in [5.41, 5.74) is 0. The van der Waals surface area contributed by atoms with Crippen LogP contribution < -0.4 is 0 Å². The van der Waals surface area contributed by atoms with Crippen LogP contribution in [0.25, 0.3) is 0 Å². The second-order valence-electron chi connectivity index (χ2n) is 4.40. The van der Waals surface area contributed by atoms with Gasteiger partial charge in [0.05, 0.1) is 6.61 Å². The molecule has 2 heterocycles. The predicted molar refractivity (Wildman–Crippen MR) is 51.3 cm³/mol. The Kier molecular flexibility index (Phi) is 2.91. The number of esters is 1. The molecule has 92 valence electrons. The van der Waals surface area contributed by atoms with E-state index < -0.39 is 36.4 Å². The lowest BCUT2D eigenvalue weighted by molar-refractivity contribution is -0.221. The molecule has 16 heavy (non-hydrogen) atoms. The SMILES string of the molecule is CC(=O)OC1C(CO)OC2OC(C)(C)OC21. The minimum atomic E-state index is -0.756. The third-order valence-corrected chi connectivity index (χ3v) is 2.57. The van der Waals surface area contributed by atoms with Crippen LogP contribution in [0, 0.1) is 0 Å². The first-order valence-electron chi connectivity index (χ1n) is 5.22. The summed E-state index contributed by atoms with van der Waals surface area (Å²) < 4.78 is 21.6. The fourth-order valence-corrected chi connectivity index (χ4v) is 2.03. The number of hydrogen-bond donors (Lipinski definition) is 1. The van der Waals surface area contributed by atoms with Crippen molar-refractivity contribution in [2.24, 2.45) is 0 Å². The fourth-order valence-electron chi connectivity index (χ4n) is 2.03. The Morgan fingerprint density at radius 3 is 2.69 bits per heavy atom. The van der Waals surface area contributed by atoms with Crippen molar-refractivity contribution >= 4 is 5.97 Å². The van der Waals surface area contributed by atoms with E-state index in [4.69, 9.17) is 24.1 Å². The number of aliphatic hydroxyl groups excluding tert-OH is 1. The Hall–Kier alpha value is -0.690. The standard InChI is InChI=1S/C10H16O6/c1-5(12)13-7-6(4-11)14-9-8(7)15-10(2,3)16-9/h6-9,11H,4H2,1-3H3. The van der Waals surface area contributed by atoms with E-state index in [0.717, 1.165) is 0 Å². The van der Waals surface area contributed by atoms with E-state index in [1.165, 1.54) is 6.92 Å². The van der Waals surface area contributed by atoms with Crippen LogP contribution in [0.15, 0.2) is 0 Å². The van der Waals surface area contributed by atoms with Crippen LogP contribution in [0.1, 0.15) is 20.8 Å². The second kappa shape index (κ2) is 3.96. The van der Waals surface area contributed by atoms with Crippen molar-refractivity contribution in [3.05, 3.63) is 0 Å². The summed E-state index contributed by atoms with van der Waals surface area (Å²) in [6.45, 7) is 4.59. The van der Waals surface area contributed by atoms with E-state index in [1.807, 2.05) is 0 Å². The van der Waals surface area contributed by atoms with E-state index in [1.54, 1.807) is 13.8 Å². The van der Waals surface area contributed by atoms with Crippen LogP contribution in [0.4, 0.5) is 0 Å². The van der Waals surface area contributed by atoms with Gasteiger partial charge in [-0.25, -0.2) is 0 Å². The van der Waals surface area contributed by atoms with Gasteiger partial charge in [-0.1, -0.05) is 0 Å². The summed E-state index contributed by atoms with van der Waals surface area (Å²) in [4.78, 5) is 11.0. The van der Waals surface area contributed by atoms with Gasteiger partial charge in [0.1, 0.15) is 6.10 Å². The van der Waals surface area contributed by atoms with Crippen LogP contribution in [0.2, 0.25) is 0 Å². The van der Waals surface area contributed by atoms with E-state index in [2.05, 4.69) is 0 Å². The minimum absolute atomic E-state index is 0.238. The Balaban J connectivity index is 2.10. The van der Waals surface area contributed by atoms with Crippen molar-refractivity contribution in [3.63, 3.8) is 0 Å². The highest BCUT2D eigenvalue weighted by atomic mass is 16.8. The van der Waals surface area contributed by atoms with Gasteiger partial charge in [0.2, 0.25) is 0 Å². The molecular weight excluding hydrogens is 216 g/mol. The second-order valence-corrected chi connectivity index (χ2v) is 4.40. The highest BCUT2D eigenvalue weighted by Crippen LogP contribution is 2.38. The summed E-state index contributed by atoms with van der Waals surface area (Å²) in [6.07, 6.45) is -2.27. The molecule has 2 fully saturated rings. The van der Waals surface area contributed by atoms with Gasteiger partial charge in [-0.15, -0.1) is 0 Å². The lowest BCUT2D eigenvalue weighted by Gasteiger charge is -2.24. The Morgan fingerprint density at radius 2 is 2.12 bits per heavy atom. The molecule has 4 unspecified atom stereocenters. The van der Waals surface area contributed by atoms with Crippen molar-refractivity contribution in [2.75, 3.05) is 6.61 Å². The normalized spacial score (nSPS) is 40.8. The van der Waals surface area contributed by atoms with Gasteiger partial charge in [-0.2, -0.15) is 0 Å². The van der Waals surface area contributed by atoms with Gasteiger partial charge in [0.25, 0.3) is 0 Å². The molecule has 4 atom stereocenters. The molecule has 1 N–H and O–H groups in total. The van der Waals surface area contributed by atoms with Crippen molar-refractivity contribution in [1.82, 2.24) is 0 Å². The number of rotatable bonds is 2. The molecule has 6 heteroatoms. The third-order valence-electron chi connectivity index (χ3n) is 2.57. The summed E-state index contributed by atoms with van der Waals surface area (Å²) in [5, 5.41) is 9.11. The van der Waals surface area contributed by atoms with Crippen molar-refractivity contribution < 1.29 is 28.8 Å². The van der Waals surface area contributed by atoms with Crippen LogP contribution >= 0.6 is 0 Å². The Labute approximate surface area is 93.4 Å². The Bertz CT molecular complexity index is 289. The maximum Gasteiger partial charge on any atom is 0.303 e. The van der Waals surface area contributed by atoms with Gasteiger partial charge >= 0.3 is 5.97 Å². The molecule has 0 saturated carbocycles. The molecule has 0 radical (unpaired) electrons. The molecule has 0 amide bonds. The summed E-state index contributed by atoms with van der Waals surface area (Å²) in [6, 6.07) is 0. The third kappa shape index (κ3) is 2.06. The molecule has 0 aromatic carbocycles. The lowest BCUT2D eigenvalue weighted by atomic mass is 10.1. The molecule has 2 saturated heterocycles. The monoisotopic (exact) mass is 232 g/mol. The molecule has 2 aliphatic heterocycles. The minimum Gasteiger partial charge on any atom is -0.457 e. The highest BCUT2D eigenvalue weighted by Gasteiger charge is 2.56. The molecule has 0 aromatic rings. The average molecular weight is 232 g/mol. The van der Waals surface area contributed by atoms with E-state index in [-0.39, 0.29) is 6.61 Å². The van der Waals surface area contributed by atoms with Gasteiger partial charge < -0.3 is 24.1 Å². The van der Waals surface area contributed by atoms with Gasteiger partial charge in [0.15, 0.2) is 24.3 Å². The maximum atomic E-state index is 11.0. The number of ether oxygens (including phenoxy) is 4. The van der Waals surface area contributed by atoms with Crippen molar-refractivity contribution in [3.8, 4) is 0 Å². The molecule has 2 aliphatic rings. The predicted octanol–water partition coefficient (Wildman–Crippen LogP) is -0.213.